The van der Waals surface area contributed by atoms with E-state index in [4.69, 9.17) is 0 Å². The maximum Gasteiger partial charge on any atom is 0.167 e. The van der Waals surface area contributed by atoms with Crippen molar-refractivity contribution < 1.29 is 9.00 Å². The lowest BCUT2D eigenvalue weighted by molar-refractivity contribution is 0.0972. The molecule has 0 saturated carbocycles. The van der Waals surface area contributed by atoms with Gasteiger partial charge in [-0.05, 0) is 38.1 Å². The minimum absolute atomic E-state index is 0.0745. The summed E-state index contributed by atoms with van der Waals surface area (Å²) in [5.41, 5.74) is 2.56. The van der Waals surface area contributed by atoms with Gasteiger partial charge in [-0.2, -0.15) is 0 Å². The van der Waals surface area contributed by atoms with Crippen LogP contribution in [0.5, 0.6) is 0 Å². The minimum atomic E-state index is -1.30. The number of hydrogen-bond acceptors (Lipinski definition) is 2. The number of nitrogens with zero attached hydrogens (tertiary/aromatic N) is 1. The molecular formula is C17H17NO2S. The number of carbonyl (C=O) groups excluding carboxylic acids is 1. The molecule has 4 heteroatoms. The van der Waals surface area contributed by atoms with Gasteiger partial charge in [-0.25, -0.2) is 4.21 Å². The molecule has 0 aliphatic carbocycles. The molecule has 2 atom stereocenters. The van der Waals surface area contributed by atoms with Gasteiger partial charge in [0.1, 0.15) is 0 Å². The van der Waals surface area contributed by atoms with Crippen molar-refractivity contribution in [3.63, 3.8) is 0 Å². The van der Waals surface area contributed by atoms with Gasteiger partial charge in [0.05, 0.1) is 10.6 Å². The van der Waals surface area contributed by atoms with Crippen LogP contribution in [0.15, 0.2) is 53.4 Å². The second-order valence-electron chi connectivity index (χ2n) is 5.38. The Morgan fingerprint density at radius 1 is 1.10 bits per heavy atom. The Hall–Kier alpha value is -1.94. The Morgan fingerprint density at radius 3 is 2.48 bits per heavy atom. The van der Waals surface area contributed by atoms with Crippen molar-refractivity contribution in [2.75, 3.05) is 4.31 Å². The van der Waals surface area contributed by atoms with E-state index < -0.39 is 11.0 Å². The Morgan fingerprint density at radius 2 is 1.76 bits per heavy atom. The Balaban J connectivity index is 2.05. The van der Waals surface area contributed by atoms with Crippen LogP contribution >= 0.6 is 0 Å². The molecule has 0 spiro atoms. The van der Waals surface area contributed by atoms with Crippen LogP contribution in [0.4, 0.5) is 5.69 Å². The highest BCUT2D eigenvalue weighted by Gasteiger charge is 2.32. The minimum Gasteiger partial charge on any atom is -0.294 e. The molecule has 1 aliphatic heterocycles. The summed E-state index contributed by atoms with van der Waals surface area (Å²) in [5, 5.41) is 0. The van der Waals surface area contributed by atoms with E-state index in [9.17, 15) is 9.00 Å². The fourth-order valence-corrected chi connectivity index (χ4v) is 3.96. The molecule has 0 fully saturated rings. The topological polar surface area (TPSA) is 37.4 Å². The molecule has 108 valence electrons. The summed E-state index contributed by atoms with van der Waals surface area (Å²) in [6, 6.07) is 15.0. The number of Topliss-reactive ketones (excluding diaryl/α,β-unsaturated/α-hetero) is 1. The number of ketones is 1. The average molecular weight is 299 g/mol. The monoisotopic (exact) mass is 299 g/mol. The van der Waals surface area contributed by atoms with Gasteiger partial charge in [0.2, 0.25) is 0 Å². The zero-order valence-corrected chi connectivity index (χ0v) is 12.9. The van der Waals surface area contributed by atoms with E-state index >= 15 is 0 Å². The molecule has 1 heterocycles. The molecular weight excluding hydrogens is 282 g/mol. The first-order chi connectivity index (χ1) is 10.1. The Bertz CT molecular complexity index is 709. The Kier molecular flexibility index (Phi) is 3.64. The number of benzene rings is 2. The predicted octanol–water partition coefficient (Wildman–Crippen LogP) is 3.50. The molecule has 2 aromatic carbocycles. The highest BCUT2D eigenvalue weighted by atomic mass is 32.2. The number of rotatable bonds is 2. The third-order valence-corrected chi connectivity index (χ3v) is 5.31. The Labute approximate surface area is 127 Å². The lowest BCUT2D eigenvalue weighted by atomic mass is 9.98. The van der Waals surface area contributed by atoms with Gasteiger partial charge in [0.15, 0.2) is 16.8 Å². The van der Waals surface area contributed by atoms with E-state index in [1.165, 1.54) is 0 Å². The van der Waals surface area contributed by atoms with E-state index in [1.54, 1.807) is 0 Å². The fourth-order valence-electron chi connectivity index (χ4n) is 2.62. The van der Waals surface area contributed by atoms with Crippen LogP contribution < -0.4 is 4.31 Å². The lowest BCUT2D eigenvalue weighted by Gasteiger charge is -2.34. The summed E-state index contributed by atoms with van der Waals surface area (Å²) in [6.07, 6.45) is 0.397. The summed E-state index contributed by atoms with van der Waals surface area (Å²) in [5.74, 6) is 0.121. The largest absolute Gasteiger partial charge is 0.294 e. The van der Waals surface area contributed by atoms with E-state index in [-0.39, 0.29) is 11.8 Å². The van der Waals surface area contributed by atoms with Crippen LogP contribution in [0.3, 0.4) is 0 Å². The SMILES string of the molecule is Cc1ccc(S(=O)N2c3ccccc3C(=O)CC2C)cc1. The summed E-state index contributed by atoms with van der Waals surface area (Å²) < 4.78 is 14.8. The molecule has 3 nitrogen and oxygen atoms in total. The van der Waals surface area contributed by atoms with E-state index in [2.05, 4.69) is 0 Å². The van der Waals surface area contributed by atoms with Gasteiger partial charge in [-0.15, -0.1) is 0 Å². The fraction of sp³-hybridized carbons (Fsp3) is 0.235. The summed E-state index contributed by atoms with van der Waals surface area (Å²) in [4.78, 5) is 12.9. The first-order valence-corrected chi connectivity index (χ1v) is 8.08. The zero-order valence-electron chi connectivity index (χ0n) is 12.1. The molecule has 2 aromatic rings. The predicted molar refractivity (Wildman–Crippen MR) is 84.9 cm³/mol. The highest BCUT2D eigenvalue weighted by molar-refractivity contribution is 7.86. The van der Waals surface area contributed by atoms with Gasteiger partial charge in [-0.3, -0.25) is 9.10 Å². The average Bonchev–Trinajstić information content (AvgIpc) is 2.48. The van der Waals surface area contributed by atoms with Crippen molar-refractivity contribution >= 4 is 22.5 Å². The van der Waals surface area contributed by atoms with Crippen LogP contribution in [-0.4, -0.2) is 16.0 Å². The molecule has 0 bridgehead atoms. The van der Waals surface area contributed by atoms with Gasteiger partial charge in [-0.1, -0.05) is 29.8 Å². The van der Waals surface area contributed by atoms with E-state index in [1.807, 2.05) is 66.7 Å². The molecule has 3 rings (SSSR count). The summed E-state index contributed by atoms with van der Waals surface area (Å²) in [7, 11) is -1.30. The first kappa shape index (κ1) is 14.0. The van der Waals surface area contributed by atoms with Crippen LogP contribution in [0.25, 0.3) is 0 Å². The molecule has 0 N–H and O–H groups in total. The van der Waals surface area contributed by atoms with Crippen LogP contribution in [0, 0.1) is 6.92 Å². The van der Waals surface area contributed by atoms with Crippen LogP contribution in [0.1, 0.15) is 29.3 Å². The quantitative estimate of drug-likeness (QED) is 0.851. The molecule has 0 aromatic heterocycles. The van der Waals surface area contributed by atoms with Gasteiger partial charge >= 0.3 is 0 Å². The van der Waals surface area contributed by atoms with Crippen molar-refractivity contribution in [1.29, 1.82) is 0 Å². The van der Waals surface area contributed by atoms with Gasteiger partial charge in [0.25, 0.3) is 0 Å². The molecule has 2 unspecified atom stereocenters. The first-order valence-electron chi connectivity index (χ1n) is 6.98. The zero-order chi connectivity index (χ0) is 15.0. The van der Waals surface area contributed by atoms with Crippen molar-refractivity contribution in [3.8, 4) is 0 Å². The lowest BCUT2D eigenvalue weighted by Crippen LogP contribution is -2.40. The number of para-hydroxylation sites is 1. The van der Waals surface area contributed by atoms with Gasteiger partial charge < -0.3 is 0 Å². The van der Waals surface area contributed by atoms with Crippen molar-refractivity contribution in [2.24, 2.45) is 0 Å². The summed E-state index contributed by atoms with van der Waals surface area (Å²) in [6.45, 7) is 3.95. The highest BCUT2D eigenvalue weighted by Crippen LogP contribution is 2.33. The van der Waals surface area contributed by atoms with Crippen molar-refractivity contribution in [3.05, 3.63) is 59.7 Å². The smallest absolute Gasteiger partial charge is 0.167 e. The second-order valence-corrected chi connectivity index (χ2v) is 6.74. The molecule has 21 heavy (non-hydrogen) atoms. The number of aryl methyl sites for hydroxylation is 1. The number of anilines is 1. The number of hydrogen-bond donors (Lipinski definition) is 0. The number of carbonyl (C=O) groups is 1. The second kappa shape index (κ2) is 5.45. The maximum atomic E-state index is 12.9. The van der Waals surface area contributed by atoms with Crippen molar-refractivity contribution in [1.82, 2.24) is 0 Å². The van der Waals surface area contributed by atoms with E-state index in [0.29, 0.717) is 12.0 Å². The third-order valence-electron chi connectivity index (χ3n) is 3.72. The number of fused-ring (bicyclic) bond motifs is 1. The maximum absolute atomic E-state index is 12.9. The van der Waals surface area contributed by atoms with Crippen LogP contribution in [0.2, 0.25) is 0 Å². The van der Waals surface area contributed by atoms with E-state index in [0.717, 1.165) is 16.1 Å². The molecule has 0 saturated heterocycles. The third kappa shape index (κ3) is 2.51. The normalized spacial score (nSPS) is 19.2. The summed E-state index contributed by atoms with van der Waals surface area (Å²) >= 11 is 0. The standard InChI is InChI=1S/C17H17NO2S/c1-12-7-9-14(10-8-12)21(20)18-13(2)11-17(19)15-5-3-4-6-16(15)18/h3-10,13H,11H2,1-2H3. The van der Waals surface area contributed by atoms with Crippen molar-refractivity contribution in [2.45, 2.75) is 31.2 Å². The van der Waals surface area contributed by atoms with Gasteiger partial charge in [0, 0.05) is 18.0 Å². The molecule has 0 amide bonds. The van der Waals surface area contributed by atoms with Crippen LogP contribution in [-0.2, 0) is 11.0 Å². The molecule has 0 radical (unpaired) electrons. The molecule has 1 aliphatic rings.